The number of carboxylic acid groups (broad SMARTS) is 1. The molecule has 1 amide bonds. The van der Waals surface area contributed by atoms with Gasteiger partial charge in [-0.1, -0.05) is 36.1 Å². The zero-order valence-corrected chi connectivity index (χ0v) is 16.8. The van der Waals surface area contributed by atoms with Gasteiger partial charge in [-0.05, 0) is 55.3 Å². The molecule has 2 aromatic rings. The molecule has 1 heterocycles. The van der Waals surface area contributed by atoms with Crippen LogP contribution in [0.1, 0.15) is 28.4 Å². The Morgan fingerprint density at radius 3 is 2.71 bits per heavy atom. The van der Waals surface area contributed by atoms with Gasteiger partial charge in [0.1, 0.15) is 0 Å². The third-order valence-electron chi connectivity index (χ3n) is 4.07. The van der Waals surface area contributed by atoms with Gasteiger partial charge in [-0.2, -0.15) is 0 Å². The number of amides is 1. The molecule has 0 spiro atoms. The van der Waals surface area contributed by atoms with Gasteiger partial charge in [0.05, 0.1) is 22.8 Å². The molecule has 6 nitrogen and oxygen atoms in total. The number of benzene rings is 2. The first-order valence-corrected chi connectivity index (χ1v) is 9.62. The molecule has 2 N–H and O–H groups in total. The highest BCUT2D eigenvalue weighted by Gasteiger charge is 2.34. The second-order valence-corrected chi connectivity index (χ2v) is 7.66. The van der Waals surface area contributed by atoms with Crippen LogP contribution in [0.4, 0.5) is 5.69 Å². The van der Waals surface area contributed by atoms with Crippen molar-refractivity contribution < 1.29 is 24.5 Å². The molecule has 0 bridgehead atoms. The molecule has 28 heavy (non-hydrogen) atoms. The maximum Gasteiger partial charge on any atom is 0.335 e. The van der Waals surface area contributed by atoms with Gasteiger partial charge in [0, 0.05) is 0 Å². The van der Waals surface area contributed by atoms with Crippen LogP contribution in [0.15, 0.2) is 41.3 Å². The van der Waals surface area contributed by atoms with E-state index < -0.39 is 5.97 Å². The average molecular weight is 415 g/mol. The van der Waals surface area contributed by atoms with Crippen molar-refractivity contribution in [1.82, 2.24) is 0 Å². The fourth-order valence-electron chi connectivity index (χ4n) is 2.70. The smallest absolute Gasteiger partial charge is 0.335 e. The summed E-state index contributed by atoms with van der Waals surface area (Å²) in [6.07, 6.45) is 1.66. The summed E-state index contributed by atoms with van der Waals surface area (Å²) in [5.74, 6) is -1.05. The number of hydrogen-bond acceptors (Lipinski definition) is 6. The number of phenols is 1. The van der Waals surface area contributed by atoms with Crippen molar-refractivity contribution in [1.29, 1.82) is 0 Å². The Morgan fingerprint density at radius 1 is 1.29 bits per heavy atom. The van der Waals surface area contributed by atoms with Crippen molar-refractivity contribution in [2.75, 3.05) is 11.5 Å². The first kappa shape index (κ1) is 19.9. The van der Waals surface area contributed by atoms with Crippen LogP contribution in [-0.2, 0) is 4.79 Å². The van der Waals surface area contributed by atoms with Crippen molar-refractivity contribution in [2.45, 2.75) is 13.8 Å². The van der Waals surface area contributed by atoms with Gasteiger partial charge in [-0.15, -0.1) is 0 Å². The number of anilines is 1. The maximum atomic E-state index is 13.0. The lowest BCUT2D eigenvalue weighted by atomic mass is 10.1. The minimum absolute atomic E-state index is 0.0210. The van der Waals surface area contributed by atoms with Gasteiger partial charge in [-0.25, -0.2) is 4.79 Å². The first-order valence-electron chi connectivity index (χ1n) is 8.39. The van der Waals surface area contributed by atoms with Crippen molar-refractivity contribution in [3.8, 4) is 11.5 Å². The van der Waals surface area contributed by atoms with Gasteiger partial charge in [0.2, 0.25) is 0 Å². The molecule has 0 atom stereocenters. The van der Waals surface area contributed by atoms with Gasteiger partial charge in [-0.3, -0.25) is 9.69 Å². The molecule has 0 saturated carbocycles. The number of thioether (sulfide) groups is 1. The fourth-order valence-corrected chi connectivity index (χ4v) is 3.99. The van der Waals surface area contributed by atoms with Crippen LogP contribution in [0, 0.1) is 6.92 Å². The molecule has 0 aromatic heterocycles. The fraction of sp³-hybridized carbons (Fsp3) is 0.150. The molecule has 0 radical (unpaired) electrons. The number of aromatic hydroxyl groups is 1. The Hall–Kier alpha value is -2.84. The molecule has 8 heteroatoms. The van der Waals surface area contributed by atoms with E-state index in [1.807, 2.05) is 6.92 Å². The van der Waals surface area contributed by atoms with E-state index in [-0.39, 0.29) is 17.2 Å². The molecule has 0 unspecified atom stereocenters. The van der Waals surface area contributed by atoms with E-state index in [1.165, 1.54) is 23.1 Å². The van der Waals surface area contributed by atoms with E-state index in [2.05, 4.69) is 0 Å². The SMILES string of the molecule is CCOc1cc(/C=C2\SC(=S)N(c3cc(C(=O)O)ccc3C)C2=O)ccc1O. The Labute approximate surface area is 171 Å². The number of nitrogens with zero attached hydrogens (tertiary/aromatic N) is 1. The van der Waals surface area contributed by atoms with Gasteiger partial charge in [0.15, 0.2) is 15.8 Å². The molecule has 1 fully saturated rings. The molecule has 1 saturated heterocycles. The quantitative estimate of drug-likeness (QED) is 0.559. The summed E-state index contributed by atoms with van der Waals surface area (Å²) in [6, 6.07) is 9.38. The van der Waals surface area contributed by atoms with Crippen LogP contribution in [0.2, 0.25) is 0 Å². The molecule has 3 rings (SSSR count). The van der Waals surface area contributed by atoms with Crippen molar-refractivity contribution >= 4 is 51.9 Å². The maximum absolute atomic E-state index is 13.0. The Kier molecular flexibility index (Phi) is 5.71. The Bertz CT molecular complexity index is 1020. The van der Waals surface area contributed by atoms with Gasteiger partial charge >= 0.3 is 5.97 Å². The van der Waals surface area contributed by atoms with Crippen LogP contribution in [0.3, 0.4) is 0 Å². The summed E-state index contributed by atoms with van der Waals surface area (Å²) in [5.41, 5.74) is 1.95. The third-order valence-corrected chi connectivity index (χ3v) is 5.37. The number of aryl methyl sites for hydroxylation is 1. The predicted octanol–water partition coefficient (Wildman–Crippen LogP) is 4.20. The third kappa shape index (κ3) is 3.88. The van der Waals surface area contributed by atoms with Crippen LogP contribution in [-0.4, -0.2) is 33.0 Å². The lowest BCUT2D eigenvalue weighted by Crippen LogP contribution is -2.28. The highest BCUT2D eigenvalue weighted by molar-refractivity contribution is 8.27. The van der Waals surface area contributed by atoms with Crippen LogP contribution >= 0.6 is 24.0 Å². The van der Waals surface area contributed by atoms with Gasteiger partial charge in [0.25, 0.3) is 5.91 Å². The lowest BCUT2D eigenvalue weighted by molar-refractivity contribution is -0.113. The summed E-state index contributed by atoms with van der Waals surface area (Å²) in [5, 5.41) is 19.0. The van der Waals surface area contributed by atoms with E-state index in [4.69, 9.17) is 17.0 Å². The lowest BCUT2D eigenvalue weighted by Gasteiger charge is -2.17. The van der Waals surface area contributed by atoms with Gasteiger partial charge < -0.3 is 14.9 Å². The van der Waals surface area contributed by atoms with Crippen molar-refractivity contribution in [3.05, 3.63) is 58.0 Å². The molecule has 1 aliphatic rings. The molecular weight excluding hydrogens is 398 g/mol. The van der Waals surface area contributed by atoms with Crippen LogP contribution in [0.25, 0.3) is 6.08 Å². The zero-order chi connectivity index (χ0) is 20.4. The number of phenolic OH excluding ortho intramolecular Hbond substituents is 1. The normalized spacial score (nSPS) is 15.4. The molecular formula is C20H17NO5S2. The number of carboxylic acids is 1. The van der Waals surface area contributed by atoms with Crippen LogP contribution < -0.4 is 9.64 Å². The summed E-state index contributed by atoms with van der Waals surface area (Å²) >= 11 is 6.50. The minimum Gasteiger partial charge on any atom is -0.504 e. The second kappa shape index (κ2) is 8.04. The number of carbonyl (C=O) groups excluding carboxylic acids is 1. The number of hydrogen-bond donors (Lipinski definition) is 2. The van der Waals surface area contributed by atoms with E-state index in [0.29, 0.717) is 32.8 Å². The number of thiocarbonyl (C=S) groups is 1. The van der Waals surface area contributed by atoms with E-state index in [1.54, 1.807) is 31.2 Å². The molecule has 1 aliphatic heterocycles. The zero-order valence-electron chi connectivity index (χ0n) is 15.1. The Balaban J connectivity index is 1.97. The highest BCUT2D eigenvalue weighted by atomic mass is 32.2. The minimum atomic E-state index is -1.07. The first-order chi connectivity index (χ1) is 13.3. The van der Waals surface area contributed by atoms with Crippen molar-refractivity contribution in [3.63, 3.8) is 0 Å². The summed E-state index contributed by atoms with van der Waals surface area (Å²) in [6.45, 7) is 4.00. The van der Waals surface area contributed by atoms with Crippen LogP contribution in [0.5, 0.6) is 11.5 Å². The number of ether oxygens (including phenoxy) is 1. The van der Waals surface area contributed by atoms with E-state index in [9.17, 15) is 19.8 Å². The monoisotopic (exact) mass is 415 g/mol. The van der Waals surface area contributed by atoms with E-state index >= 15 is 0 Å². The number of rotatable bonds is 5. The topological polar surface area (TPSA) is 87.1 Å². The predicted molar refractivity (Wildman–Crippen MR) is 113 cm³/mol. The number of carbonyl (C=O) groups is 2. The number of aromatic carboxylic acids is 1. The Morgan fingerprint density at radius 2 is 2.04 bits per heavy atom. The van der Waals surface area contributed by atoms with E-state index in [0.717, 1.165) is 17.3 Å². The highest BCUT2D eigenvalue weighted by Crippen LogP contribution is 2.38. The summed E-state index contributed by atoms with van der Waals surface area (Å²) < 4.78 is 5.69. The summed E-state index contributed by atoms with van der Waals surface area (Å²) in [7, 11) is 0. The second-order valence-electron chi connectivity index (χ2n) is 5.98. The average Bonchev–Trinajstić information content (AvgIpc) is 2.92. The van der Waals surface area contributed by atoms with Crippen molar-refractivity contribution in [2.24, 2.45) is 0 Å². The molecule has 2 aromatic carbocycles. The largest absolute Gasteiger partial charge is 0.504 e. The molecule has 0 aliphatic carbocycles. The summed E-state index contributed by atoms with van der Waals surface area (Å²) in [4.78, 5) is 26.0. The molecule has 144 valence electrons. The standard InChI is InChI=1S/C20H17NO5S2/c1-3-26-16-8-12(5-7-15(16)22)9-17-18(23)21(20(27)28-17)14-10-13(19(24)25)6-4-11(14)2/h4-10,22H,3H2,1-2H3,(H,24,25)/b17-9-.